The van der Waals surface area contributed by atoms with Gasteiger partial charge in [-0.05, 0) is 6.07 Å². The number of rotatable bonds is 3. The van der Waals surface area contributed by atoms with Crippen LogP contribution in [0.4, 0.5) is 5.82 Å². The Morgan fingerprint density at radius 1 is 1.21 bits per heavy atom. The Kier molecular flexibility index (Phi) is 4.09. The van der Waals surface area contributed by atoms with Crippen LogP contribution < -0.4 is 10.4 Å². The van der Waals surface area contributed by atoms with Crippen molar-refractivity contribution < 1.29 is 18.5 Å². The summed E-state index contributed by atoms with van der Waals surface area (Å²) in [6.45, 7) is 2.01. The van der Waals surface area contributed by atoms with Crippen molar-refractivity contribution in [2.45, 2.75) is 0 Å². The summed E-state index contributed by atoms with van der Waals surface area (Å²) in [6, 6.07) is 3.29. The summed E-state index contributed by atoms with van der Waals surface area (Å²) in [5.41, 5.74) is 0.332. The van der Waals surface area contributed by atoms with Gasteiger partial charge in [-0.3, -0.25) is 0 Å². The normalized spacial score (nSPS) is 17.5. The molecule has 0 saturated carbocycles. The second kappa shape index (κ2) is 5.45. The van der Waals surface area contributed by atoms with Gasteiger partial charge in [0.1, 0.15) is 5.82 Å². The van der Waals surface area contributed by atoms with E-state index >= 15 is 0 Å². The van der Waals surface area contributed by atoms with Crippen molar-refractivity contribution in [3.8, 4) is 0 Å². The van der Waals surface area contributed by atoms with Gasteiger partial charge in [0.05, 0.1) is 6.26 Å². The van der Waals surface area contributed by atoms with Crippen molar-refractivity contribution >= 4 is 28.4 Å². The highest BCUT2D eigenvalue weighted by Crippen LogP contribution is 2.13. The summed E-state index contributed by atoms with van der Waals surface area (Å²) in [6.07, 6.45) is 2.61. The van der Waals surface area contributed by atoms with Gasteiger partial charge in [-0.2, -0.15) is 4.31 Å². The third-order valence-corrected chi connectivity index (χ3v) is 4.40. The number of piperazine rings is 1. The fourth-order valence-electron chi connectivity index (χ4n) is 1.99. The van der Waals surface area contributed by atoms with Crippen molar-refractivity contribution in [1.82, 2.24) is 9.29 Å². The summed E-state index contributed by atoms with van der Waals surface area (Å²) in [5, 5.41) is 18.0. The van der Waals surface area contributed by atoms with Crippen LogP contribution in [-0.4, -0.2) is 67.3 Å². The average Bonchev–Trinajstić information content (AvgIpc) is 2.38. The maximum Gasteiger partial charge on any atom is 0.490 e. The molecule has 0 atom stereocenters. The highest BCUT2D eigenvalue weighted by Gasteiger charge is 2.24. The lowest BCUT2D eigenvalue weighted by Crippen LogP contribution is -2.48. The van der Waals surface area contributed by atoms with Crippen molar-refractivity contribution in [2.24, 2.45) is 0 Å². The summed E-state index contributed by atoms with van der Waals surface area (Å²) in [7, 11) is -4.65. The molecule has 104 valence electrons. The Labute approximate surface area is 112 Å². The van der Waals surface area contributed by atoms with Crippen LogP contribution in [0.5, 0.6) is 0 Å². The quantitative estimate of drug-likeness (QED) is 0.615. The number of hydrogen-bond donors (Lipinski definition) is 2. The Morgan fingerprint density at radius 2 is 1.84 bits per heavy atom. The molecule has 0 aliphatic carbocycles. The Balaban J connectivity index is 2.02. The van der Waals surface area contributed by atoms with Crippen molar-refractivity contribution in [3.63, 3.8) is 0 Å². The molecule has 1 saturated heterocycles. The number of nitrogens with zero attached hydrogens (tertiary/aromatic N) is 3. The Bertz CT molecular complexity index is 526. The first kappa shape index (κ1) is 14.3. The molecule has 7 nitrogen and oxygen atoms in total. The Morgan fingerprint density at radius 3 is 2.26 bits per heavy atom. The fourth-order valence-corrected chi connectivity index (χ4v) is 2.81. The molecule has 9 heteroatoms. The molecule has 0 spiro atoms. The van der Waals surface area contributed by atoms with Gasteiger partial charge in [0.2, 0.25) is 10.0 Å². The zero-order valence-corrected chi connectivity index (χ0v) is 11.4. The topological polar surface area (TPSA) is 94.0 Å². The van der Waals surface area contributed by atoms with Gasteiger partial charge in [0, 0.05) is 37.8 Å². The molecule has 1 aromatic rings. The molecule has 0 unspecified atom stereocenters. The second-order valence-electron chi connectivity index (χ2n) is 4.47. The number of anilines is 1. The summed E-state index contributed by atoms with van der Waals surface area (Å²) < 4.78 is 24.2. The molecule has 1 aromatic heterocycles. The van der Waals surface area contributed by atoms with Gasteiger partial charge in [0.15, 0.2) is 0 Å². The molecule has 2 N–H and O–H groups in total. The van der Waals surface area contributed by atoms with Crippen LogP contribution in [0.25, 0.3) is 0 Å². The van der Waals surface area contributed by atoms with Crippen LogP contribution in [0.2, 0.25) is 0 Å². The number of pyridine rings is 1. The van der Waals surface area contributed by atoms with Crippen molar-refractivity contribution in [3.05, 3.63) is 18.3 Å². The van der Waals surface area contributed by atoms with Gasteiger partial charge in [-0.25, -0.2) is 13.4 Å². The van der Waals surface area contributed by atoms with E-state index in [4.69, 9.17) is 10.0 Å². The van der Waals surface area contributed by atoms with Gasteiger partial charge in [0.25, 0.3) is 0 Å². The van der Waals surface area contributed by atoms with E-state index < -0.39 is 17.1 Å². The van der Waals surface area contributed by atoms with Gasteiger partial charge in [-0.1, -0.05) is 6.07 Å². The maximum absolute atomic E-state index is 11.4. The van der Waals surface area contributed by atoms with Gasteiger partial charge < -0.3 is 14.9 Å². The van der Waals surface area contributed by atoms with E-state index in [9.17, 15) is 8.42 Å². The molecular weight excluding hydrogens is 269 g/mol. The maximum atomic E-state index is 11.4. The minimum absolute atomic E-state index is 0.332. The fraction of sp³-hybridized carbons (Fsp3) is 0.500. The average molecular weight is 285 g/mol. The standard InChI is InChI=1S/C10H16BN3O4S/c1-19(17,18)14-6-4-13(5-7-14)10-3-2-9(8-12-10)11(15)16/h2-3,8,15-16H,4-7H2,1H3. The lowest BCUT2D eigenvalue weighted by molar-refractivity contribution is 0.387. The third kappa shape index (κ3) is 3.44. The number of sulfonamides is 1. The Hall–Kier alpha value is -1.16. The van der Waals surface area contributed by atoms with E-state index in [1.807, 2.05) is 4.90 Å². The molecule has 1 aliphatic heterocycles. The molecule has 0 amide bonds. The minimum Gasteiger partial charge on any atom is -0.423 e. The van der Waals surface area contributed by atoms with E-state index in [2.05, 4.69) is 4.98 Å². The summed E-state index contributed by atoms with van der Waals surface area (Å²) >= 11 is 0. The molecule has 0 bridgehead atoms. The molecule has 0 radical (unpaired) electrons. The minimum atomic E-state index is -3.13. The molecule has 19 heavy (non-hydrogen) atoms. The highest BCUT2D eigenvalue weighted by atomic mass is 32.2. The van der Waals surface area contributed by atoms with E-state index in [1.54, 1.807) is 12.1 Å². The first-order valence-corrected chi connectivity index (χ1v) is 7.75. The van der Waals surface area contributed by atoms with E-state index in [1.165, 1.54) is 16.8 Å². The van der Waals surface area contributed by atoms with Crippen molar-refractivity contribution in [1.29, 1.82) is 0 Å². The van der Waals surface area contributed by atoms with E-state index in [0.717, 1.165) is 0 Å². The van der Waals surface area contributed by atoms with Crippen LogP contribution in [0.1, 0.15) is 0 Å². The first-order chi connectivity index (χ1) is 8.88. The summed E-state index contributed by atoms with van der Waals surface area (Å²) in [5.74, 6) is 0.706. The predicted molar refractivity (Wildman–Crippen MR) is 72.7 cm³/mol. The molecular formula is C10H16BN3O4S. The smallest absolute Gasteiger partial charge is 0.423 e. The zero-order valence-electron chi connectivity index (χ0n) is 10.6. The number of aromatic nitrogens is 1. The largest absolute Gasteiger partial charge is 0.490 e. The zero-order chi connectivity index (χ0) is 14.0. The SMILES string of the molecule is CS(=O)(=O)N1CCN(c2ccc(B(O)O)cn2)CC1. The van der Waals surface area contributed by atoms with Crippen LogP contribution in [0, 0.1) is 0 Å². The molecule has 1 aliphatic rings. The predicted octanol–water partition coefficient (Wildman–Crippen LogP) is -2.16. The van der Waals surface area contributed by atoms with Crippen LogP contribution >= 0.6 is 0 Å². The molecule has 2 heterocycles. The van der Waals surface area contributed by atoms with Crippen molar-refractivity contribution in [2.75, 3.05) is 37.3 Å². The van der Waals surface area contributed by atoms with E-state index in [-0.39, 0.29) is 0 Å². The van der Waals surface area contributed by atoms with Gasteiger partial charge >= 0.3 is 7.12 Å². The van der Waals surface area contributed by atoms with Crippen LogP contribution in [-0.2, 0) is 10.0 Å². The molecule has 0 aromatic carbocycles. The third-order valence-electron chi connectivity index (χ3n) is 3.10. The highest BCUT2D eigenvalue weighted by molar-refractivity contribution is 7.88. The lowest BCUT2D eigenvalue weighted by Gasteiger charge is -2.34. The van der Waals surface area contributed by atoms with Crippen LogP contribution in [0.3, 0.4) is 0 Å². The van der Waals surface area contributed by atoms with E-state index in [0.29, 0.717) is 37.5 Å². The monoisotopic (exact) mass is 285 g/mol. The van der Waals surface area contributed by atoms with Gasteiger partial charge in [-0.15, -0.1) is 0 Å². The first-order valence-electron chi connectivity index (χ1n) is 5.90. The number of hydrogen-bond acceptors (Lipinski definition) is 6. The molecule has 2 rings (SSSR count). The van der Waals surface area contributed by atoms with Crippen LogP contribution in [0.15, 0.2) is 18.3 Å². The molecule has 1 fully saturated rings. The second-order valence-corrected chi connectivity index (χ2v) is 6.45. The summed E-state index contributed by atoms with van der Waals surface area (Å²) in [4.78, 5) is 6.12. The lowest BCUT2D eigenvalue weighted by atomic mass is 9.82.